The van der Waals surface area contributed by atoms with Crippen LogP contribution in [0.3, 0.4) is 0 Å². The van der Waals surface area contributed by atoms with Gasteiger partial charge in [-0.25, -0.2) is 4.39 Å². The summed E-state index contributed by atoms with van der Waals surface area (Å²) in [4.78, 5) is 0. The van der Waals surface area contributed by atoms with E-state index in [1.54, 1.807) is 12.1 Å². The molecular weight excluding hydrogens is 273 g/mol. The molecule has 0 saturated heterocycles. The minimum absolute atomic E-state index is 0.161. The van der Waals surface area contributed by atoms with Gasteiger partial charge in [-0.1, -0.05) is 31.0 Å². The lowest BCUT2D eigenvalue weighted by Gasteiger charge is -2.21. The van der Waals surface area contributed by atoms with Gasteiger partial charge in [0.25, 0.3) is 0 Å². The van der Waals surface area contributed by atoms with Gasteiger partial charge in [0.05, 0.1) is 0 Å². The second kappa shape index (κ2) is 6.03. The van der Waals surface area contributed by atoms with Gasteiger partial charge in [0.15, 0.2) is 0 Å². The zero-order valence-electron chi connectivity index (χ0n) is 12.0. The fraction of sp³-hybridized carbons (Fsp3) is 0.647. The second-order valence-electron chi connectivity index (χ2n) is 6.30. The van der Waals surface area contributed by atoms with Crippen LogP contribution in [0, 0.1) is 23.6 Å². The van der Waals surface area contributed by atoms with E-state index in [1.165, 1.54) is 25.3 Å². The van der Waals surface area contributed by atoms with Crippen LogP contribution in [-0.2, 0) is 6.42 Å². The highest BCUT2D eigenvalue weighted by atomic mass is 35.5. The Kier molecular flexibility index (Phi) is 4.32. The van der Waals surface area contributed by atoms with Crippen LogP contribution in [0.15, 0.2) is 18.2 Å². The molecule has 0 aliphatic heterocycles. The Balaban J connectivity index is 1.73. The van der Waals surface area contributed by atoms with Crippen LogP contribution in [0.1, 0.15) is 38.2 Å². The SMILES string of the molecule is CCCNC(Cc1c(F)cccc1Cl)C1C2CCCC21. The molecule has 0 radical (unpaired) electrons. The molecule has 20 heavy (non-hydrogen) atoms. The molecule has 3 atom stereocenters. The highest BCUT2D eigenvalue weighted by Crippen LogP contribution is 2.59. The lowest BCUT2D eigenvalue weighted by molar-refractivity contribution is 0.399. The van der Waals surface area contributed by atoms with Gasteiger partial charge < -0.3 is 5.32 Å². The van der Waals surface area contributed by atoms with E-state index in [1.807, 2.05) is 0 Å². The maximum Gasteiger partial charge on any atom is 0.127 e. The number of hydrogen-bond acceptors (Lipinski definition) is 1. The van der Waals surface area contributed by atoms with E-state index in [9.17, 15) is 4.39 Å². The average molecular weight is 296 g/mol. The monoisotopic (exact) mass is 295 g/mol. The molecule has 0 amide bonds. The molecule has 1 aromatic carbocycles. The van der Waals surface area contributed by atoms with Crippen molar-refractivity contribution in [1.29, 1.82) is 0 Å². The molecule has 0 heterocycles. The van der Waals surface area contributed by atoms with Crippen molar-refractivity contribution >= 4 is 11.6 Å². The quantitative estimate of drug-likeness (QED) is 0.818. The van der Waals surface area contributed by atoms with E-state index in [0.717, 1.165) is 37.1 Å². The molecule has 2 aliphatic rings. The summed E-state index contributed by atoms with van der Waals surface area (Å²) in [7, 11) is 0. The Morgan fingerprint density at radius 3 is 2.75 bits per heavy atom. The molecule has 1 nitrogen and oxygen atoms in total. The number of fused-ring (bicyclic) bond motifs is 1. The molecule has 2 fully saturated rings. The fourth-order valence-corrected chi connectivity index (χ4v) is 4.34. The first-order valence-electron chi connectivity index (χ1n) is 7.88. The number of hydrogen-bond donors (Lipinski definition) is 1. The van der Waals surface area contributed by atoms with Gasteiger partial charge in [-0.3, -0.25) is 0 Å². The Morgan fingerprint density at radius 2 is 2.10 bits per heavy atom. The second-order valence-corrected chi connectivity index (χ2v) is 6.71. The average Bonchev–Trinajstić information content (AvgIpc) is 2.91. The van der Waals surface area contributed by atoms with Crippen LogP contribution in [-0.4, -0.2) is 12.6 Å². The lowest BCUT2D eigenvalue weighted by atomic mass is 9.96. The van der Waals surface area contributed by atoms with Crippen molar-refractivity contribution in [3.05, 3.63) is 34.6 Å². The third-order valence-corrected chi connectivity index (χ3v) is 5.43. The summed E-state index contributed by atoms with van der Waals surface area (Å²) in [6.45, 7) is 3.18. The zero-order valence-corrected chi connectivity index (χ0v) is 12.8. The highest BCUT2D eigenvalue weighted by molar-refractivity contribution is 6.31. The van der Waals surface area contributed by atoms with E-state index in [4.69, 9.17) is 11.6 Å². The summed E-state index contributed by atoms with van der Waals surface area (Å²) in [5, 5.41) is 4.21. The molecule has 0 aromatic heterocycles. The maximum atomic E-state index is 14.0. The summed E-state index contributed by atoms with van der Waals surface area (Å²) in [6.07, 6.45) is 5.95. The third-order valence-electron chi connectivity index (χ3n) is 5.08. The molecule has 1 aromatic rings. The fourth-order valence-electron chi connectivity index (χ4n) is 4.10. The number of halogens is 2. The van der Waals surface area contributed by atoms with E-state index in [2.05, 4.69) is 12.2 Å². The Bertz CT molecular complexity index is 446. The van der Waals surface area contributed by atoms with Crippen molar-refractivity contribution in [3.63, 3.8) is 0 Å². The van der Waals surface area contributed by atoms with Crippen molar-refractivity contribution in [2.45, 2.75) is 45.1 Å². The highest BCUT2D eigenvalue weighted by Gasteiger charge is 2.55. The normalized spacial score (nSPS) is 29.2. The third kappa shape index (κ3) is 2.73. The van der Waals surface area contributed by atoms with Crippen LogP contribution >= 0.6 is 11.6 Å². The van der Waals surface area contributed by atoms with Gasteiger partial charge >= 0.3 is 0 Å². The van der Waals surface area contributed by atoms with Crippen LogP contribution in [0.5, 0.6) is 0 Å². The van der Waals surface area contributed by atoms with Crippen molar-refractivity contribution in [2.75, 3.05) is 6.54 Å². The van der Waals surface area contributed by atoms with Gasteiger partial charge in [-0.05, 0) is 62.1 Å². The molecule has 2 saturated carbocycles. The number of nitrogens with one attached hydrogen (secondary N) is 1. The van der Waals surface area contributed by atoms with Gasteiger partial charge in [-0.2, -0.15) is 0 Å². The van der Waals surface area contributed by atoms with Gasteiger partial charge in [0, 0.05) is 16.6 Å². The number of benzene rings is 1. The molecule has 0 spiro atoms. The zero-order chi connectivity index (χ0) is 14.1. The van der Waals surface area contributed by atoms with Crippen LogP contribution in [0.25, 0.3) is 0 Å². The maximum absolute atomic E-state index is 14.0. The van der Waals surface area contributed by atoms with Crippen LogP contribution in [0.2, 0.25) is 5.02 Å². The van der Waals surface area contributed by atoms with Crippen molar-refractivity contribution in [1.82, 2.24) is 5.32 Å². The Labute approximate surface area is 125 Å². The van der Waals surface area contributed by atoms with Gasteiger partial charge in [0.2, 0.25) is 0 Å². The van der Waals surface area contributed by atoms with Gasteiger partial charge in [0.1, 0.15) is 5.82 Å². The molecule has 110 valence electrons. The summed E-state index contributed by atoms with van der Waals surface area (Å²) >= 11 is 6.19. The largest absolute Gasteiger partial charge is 0.313 e. The lowest BCUT2D eigenvalue weighted by Crippen LogP contribution is -2.35. The first-order chi connectivity index (χ1) is 9.72. The van der Waals surface area contributed by atoms with Crippen molar-refractivity contribution in [3.8, 4) is 0 Å². The smallest absolute Gasteiger partial charge is 0.127 e. The first kappa shape index (κ1) is 14.3. The summed E-state index contributed by atoms with van der Waals surface area (Å²) < 4.78 is 14.0. The minimum atomic E-state index is -0.161. The Morgan fingerprint density at radius 1 is 1.35 bits per heavy atom. The van der Waals surface area contributed by atoms with Crippen molar-refractivity contribution in [2.24, 2.45) is 17.8 Å². The molecule has 3 heteroatoms. The predicted molar refractivity (Wildman–Crippen MR) is 81.5 cm³/mol. The summed E-state index contributed by atoms with van der Waals surface area (Å²) in [5.74, 6) is 2.35. The summed E-state index contributed by atoms with van der Waals surface area (Å²) in [5.41, 5.74) is 0.688. The Hall–Kier alpha value is -0.600. The molecule has 3 unspecified atom stereocenters. The van der Waals surface area contributed by atoms with Gasteiger partial charge in [-0.15, -0.1) is 0 Å². The molecule has 1 N–H and O–H groups in total. The molecular formula is C17H23ClFN. The first-order valence-corrected chi connectivity index (χ1v) is 8.26. The van der Waals surface area contributed by atoms with Crippen LogP contribution in [0.4, 0.5) is 4.39 Å². The predicted octanol–water partition coefficient (Wildman–Crippen LogP) is 4.44. The van der Waals surface area contributed by atoms with E-state index in [0.29, 0.717) is 16.6 Å². The summed E-state index contributed by atoms with van der Waals surface area (Å²) in [6, 6.07) is 5.39. The number of rotatable bonds is 6. The topological polar surface area (TPSA) is 12.0 Å². The standard InChI is InChI=1S/C17H23ClFN/c1-2-9-20-16(17-11-5-3-6-12(11)17)10-13-14(18)7-4-8-15(13)19/h4,7-8,11-12,16-17,20H,2-3,5-6,9-10H2,1H3. The minimum Gasteiger partial charge on any atom is -0.313 e. The van der Waals surface area contributed by atoms with Crippen molar-refractivity contribution < 1.29 is 4.39 Å². The molecule has 2 aliphatic carbocycles. The molecule has 3 rings (SSSR count). The van der Waals surface area contributed by atoms with E-state index < -0.39 is 0 Å². The molecule has 0 bridgehead atoms. The van der Waals surface area contributed by atoms with E-state index in [-0.39, 0.29) is 5.82 Å². The van der Waals surface area contributed by atoms with Crippen LogP contribution < -0.4 is 5.32 Å². The van der Waals surface area contributed by atoms with E-state index >= 15 is 0 Å².